The number of piperidine rings is 1. The number of hydrogen-bond acceptors (Lipinski definition) is 5. The molecule has 128 valence electrons. The number of benzene rings is 1. The lowest BCUT2D eigenvalue weighted by Gasteiger charge is -2.26. The SMILES string of the molecule is COc1cc(C=C2SC(=O)N(C[NH+]3CCCCC3)C2=O)ccc1O. The predicted octanol–water partition coefficient (Wildman–Crippen LogP) is 1.46. The zero-order valence-electron chi connectivity index (χ0n) is 13.6. The molecule has 6 nitrogen and oxygen atoms in total. The van der Waals surface area contributed by atoms with Gasteiger partial charge in [-0.1, -0.05) is 6.07 Å². The van der Waals surface area contributed by atoms with Gasteiger partial charge in [-0.15, -0.1) is 0 Å². The van der Waals surface area contributed by atoms with Crippen LogP contribution in [0, 0.1) is 0 Å². The van der Waals surface area contributed by atoms with Crippen LogP contribution in [-0.2, 0) is 4.79 Å². The Balaban J connectivity index is 1.75. The zero-order chi connectivity index (χ0) is 17.1. The van der Waals surface area contributed by atoms with Crippen molar-refractivity contribution in [2.24, 2.45) is 0 Å². The largest absolute Gasteiger partial charge is 0.504 e. The number of phenolic OH excluding ortho intramolecular Hbond substituents is 1. The minimum Gasteiger partial charge on any atom is -0.504 e. The van der Waals surface area contributed by atoms with E-state index in [0.717, 1.165) is 37.7 Å². The average molecular weight is 349 g/mol. The summed E-state index contributed by atoms with van der Waals surface area (Å²) in [6.45, 7) is 2.47. The number of rotatable bonds is 4. The molecule has 0 unspecified atom stereocenters. The van der Waals surface area contributed by atoms with Crippen LogP contribution in [0.1, 0.15) is 24.8 Å². The van der Waals surface area contributed by atoms with Gasteiger partial charge in [0.2, 0.25) is 0 Å². The third-order valence-corrected chi connectivity index (χ3v) is 5.22. The van der Waals surface area contributed by atoms with Crippen LogP contribution in [0.5, 0.6) is 11.5 Å². The number of carbonyl (C=O) groups excluding carboxylic acids is 2. The maximum atomic E-state index is 12.5. The Morgan fingerprint density at radius 2 is 2.04 bits per heavy atom. The number of carbonyl (C=O) groups is 2. The van der Waals surface area contributed by atoms with E-state index in [-0.39, 0.29) is 16.9 Å². The summed E-state index contributed by atoms with van der Waals surface area (Å²) in [4.78, 5) is 27.8. The fourth-order valence-electron chi connectivity index (χ4n) is 3.01. The molecule has 2 fully saturated rings. The Morgan fingerprint density at radius 3 is 2.75 bits per heavy atom. The number of ether oxygens (including phenoxy) is 1. The molecular formula is C17H21N2O4S+. The number of imide groups is 1. The number of methoxy groups -OCH3 is 1. The molecule has 2 amide bonds. The van der Waals surface area contributed by atoms with Gasteiger partial charge in [0.1, 0.15) is 0 Å². The summed E-state index contributed by atoms with van der Waals surface area (Å²) in [6, 6.07) is 4.83. The molecule has 7 heteroatoms. The van der Waals surface area contributed by atoms with Gasteiger partial charge in [0.25, 0.3) is 11.1 Å². The molecular weight excluding hydrogens is 328 g/mol. The quantitative estimate of drug-likeness (QED) is 0.806. The molecule has 1 aromatic carbocycles. The Morgan fingerprint density at radius 1 is 1.29 bits per heavy atom. The van der Waals surface area contributed by atoms with Gasteiger partial charge < -0.3 is 14.7 Å². The third-order valence-electron chi connectivity index (χ3n) is 4.32. The summed E-state index contributed by atoms with van der Waals surface area (Å²) >= 11 is 0.965. The molecule has 2 aliphatic heterocycles. The van der Waals surface area contributed by atoms with Crippen molar-refractivity contribution in [2.75, 3.05) is 26.9 Å². The summed E-state index contributed by atoms with van der Waals surface area (Å²) < 4.78 is 5.07. The predicted molar refractivity (Wildman–Crippen MR) is 91.9 cm³/mol. The number of phenols is 1. The minimum atomic E-state index is -0.241. The topological polar surface area (TPSA) is 71.3 Å². The van der Waals surface area contributed by atoms with Gasteiger partial charge in [0.15, 0.2) is 18.2 Å². The van der Waals surface area contributed by atoms with Crippen molar-refractivity contribution < 1.29 is 24.3 Å². The minimum absolute atomic E-state index is 0.0384. The number of aromatic hydroxyl groups is 1. The van der Waals surface area contributed by atoms with Gasteiger partial charge in [-0.05, 0) is 54.8 Å². The van der Waals surface area contributed by atoms with E-state index in [4.69, 9.17) is 4.74 Å². The van der Waals surface area contributed by atoms with Gasteiger partial charge in [-0.3, -0.25) is 9.59 Å². The molecule has 2 N–H and O–H groups in total. The molecule has 24 heavy (non-hydrogen) atoms. The highest BCUT2D eigenvalue weighted by Gasteiger charge is 2.37. The summed E-state index contributed by atoms with van der Waals surface area (Å²) in [7, 11) is 1.47. The highest BCUT2D eigenvalue weighted by molar-refractivity contribution is 8.18. The lowest BCUT2D eigenvalue weighted by Crippen LogP contribution is -3.14. The van der Waals surface area contributed by atoms with Crippen molar-refractivity contribution in [1.29, 1.82) is 0 Å². The molecule has 0 saturated carbocycles. The highest BCUT2D eigenvalue weighted by Crippen LogP contribution is 2.33. The first-order valence-corrected chi connectivity index (χ1v) is 8.86. The number of nitrogens with one attached hydrogen (secondary N) is 1. The van der Waals surface area contributed by atoms with Crippen LogP contribution in [0.2, 0.25) is 0 Å². The van der Waals surface area contributed by atoms with E-state index >= 15 is 0 Å². The molecule has 0 aliphatic carbocycles. The summed E-state index contributed by atoms with van der Waals surface area (Å²) in [5, 5.41) is 9.42. The molecule has 0 spiro atoms. The van der Waals surface area contributed by atoms with E-state index in [1.165, 1.54) is 29.4 Å². The number of quaternary nitrogens is 1. The van der Waals surface area contributed by atoms with Gasteiger partial charge >= 0.3 is 0 Å². The second-order valence-electron chi connectivity index (χ2n) is 6.01. The van der Waals surface area contributed by atoms with Gasteiger partial charge in [0.05, 0.1) is 25.1 Å². The maximum Gasteiger partial charge on any atom is 0.298 e. The lowest BCUT2D eigenvalue weighted by molar-refractivity contribution is -0.912. The number of hydrogen-bond donors (Lipinski definition) is 2. The Hall–Kier alpha value is -1.99. The molecule has 2 heterocycles. The van der Waals surface area contributed by atoms with Gasteiger partial charge in [-0.25, -0.2) is 4.90 Å². The van der Waals surface area contributed by atoms with E-state index in [1.807, 2.05) is 0 Å². The van der Waals surface area contributed by atoms with E-state index in [0.29, 0.717) is 22.9 Å². The Labute approximate surface area is 145 Å². The van der Waals surface area contributed by atoms with Crippen LogP contribution in [-0.4, -0.2) is 48.0 Å². The van der Waals surface area contributed by atoms with Crippen LogP contribution in [0.4, 0.5) is 4.79 Å². The smallest absolute Gasteiger partial charge is 0.298 e. The van der Waals surface area contributed by atoms with Crippen LogP contribution in [0.25, 0.3) is 6.08 Å². The number of amides is 2. The van der Waals surface area contributed by atoms with Crippen LogP contribution >= 0.6 is 11.8 Å². The molecule has 0 radical (unpaired) electrons. The van der Waals surface area contributed by atoms with Crippen LogP contribution < -0.4 is 9.64 Å². The lowest BCUT2D eigenvalue weighted by atomic mass is 10.1. The Kier molecular flexibility index (Phi) is 5.11. The van der Waals surface area contributed by atoms with Crippen LogP contribution in [0.15, 0.2) is 23.1 Å². The van der Waals surface area contributed by atoms with Crippen molar-refractivity contribution in [3.8, 4) is 11.5 Å². The van der Waals surface area contributed by atoms with Crippen LogP contribution in [0.3, 0.4) is 0 Å². The second-order valence-corrected chi connectivity index (χ2v) is 7.00. The molecule has 0 bridgehead atoms. The average Bonchev–Trinajstić information content (AvgIpc) is 2.85. The first kappa shape index (κ1) is 16.9. The highest BCUT2D eigenvalue weighted by atomic mass is 32.2. The fraction of sp³-hybridized carbons (Fsp3) is 0.412. The second kappa shape index (κ2) is 7.27. The number of likely N-dealkylation sites (tertiary alicyclic amines) is 1. The number of nitrogens with zero attached hydrogens (tertiary/aromatic N) is 1. The first-order chi connectivity index (χ1) is 11.6. The van der Waals surface area contributed by atoms with Crippen molar-refractivity contribution >= 4 is 29.0 Å². The van der Waals surface area contributed by atoms with Crippen molar-refractivity contribution in [3.05, 3.63) is 28.7 Å². The summed E-state index contributed by atoms with van der Waals surface area (Å²) in [5.41, 5.74) is 0.709. The van der Waals surface area contributed by atoms with Gasteiger partial charge in [-0.2, -0.15) is 0 Å². The summed E-state index contributed by atoms with van der Waals surface area (Å²) in [6.07, 6.45) is 5.19. The van der Waals surface area contributed by atoms with E-state index < -0.39 is 0 Å². The molecule has 0 atom stereocenters. The van der Waals surface area contributed by atoms with Crippen molar-refractivity contribution in [2.45, 2.75) is 19.3 Å². The van der Waals surface area contributed by atoms with E-state index in [9.17, 15) is 14.7 Å². The normalized spacial score (nSPS) is 20.9. The molecule has 0 aromatic heterocycles. The van der Waals surface area contributed by atoms with E-state index in [1.54, 1.807) is 18.2 Å². The Bertz CT molecular complexity index is 683. The standard InChI is InChI=1S/C17H20N2O4S/c1-23-14-9-12(5-6-13(14)20)10-15-16(21)19(17(22)24-15)11-18-7-3-2-4-8-18/h5-6,9-10,20H,2-4,7-8,11H2,1H3/p+1. The first-order valence-electron chi connectivity index (χ1n) is 8.04. The molecule has 2 saturated heterocycles. The van der Waals surface area contributed by atoms with Crippen molar-refractivity contribution in [3.63, 3.8) is 0 Å². The molecule has 1 aromatic rings. The van der Waals surface area contributed by atoms with Gasteiger partial charge in [0, 0.05) is 0 Å². The summed E-state index contributed by atoms with van der Waals surface area (Å²) in [5.74, 6) is 0.132. The van der Waals surface area contributed by atoms with E-state index in [2.05, 4.69) is 0 Å². The molecule has 3 rings (SSSR count). The molecule has 2 aliphatic rings. The third kappa shape index (κ3) is 3.57. The zero-order valence-corrected chi connectivity index (χ0v) is 14.4. The monoisotopic (exact) mass is 349 g/mol. The maximum absolute atomic E-state index is 12.5. The number of thioether (sulfide) groups is 1. The fourth-order valence-corrected chi connectivity index (χ4v) is 3.84. The van der Waals surface area contributed by atoms with Crippen molar-refractivity contribution in [1.82, 2.24) is 4.90 Å².